The highest BCUT2D eigenvalue weighted by molar-refractivity contribution is 6.52. The smallest absolute Gasteiger partial charge is 0.300 e. The molecule has 1 fully saturated rings. The summed E-state index contributed by atoms with van der Waals surface area (Å²) in [7, 11) is 1.47. The van der Waals surface area contributed by atoms with E-state index in [0.29, 0.717) is 27.6 Å². The van der Waals surface area contributed by atoms with E-state index in [9.17, 15) is 14.7 Å². The van der Waals surface area contributed by atoms with Crippen LogP contribution in [0, 0.1) is 6.92 Å². The van der Waals surface area contributed by atoms with Crippen LogP contribution in [0.2, 0.25) is 10.0 Å². The Hall–Kier alpha value is -3.28. The predicted molar refractivity (Wildman–Crippen MR) is 125 cm³/mol. The number of carbonyl (C=O) groups is 2. The van der Waals surface area contributed by atoms with Gasteiger partial charge in [-0.1, -0.05) is 59.6 Å². The van der Waals surface area contributed by atoms with Gasteiger partial charge in [-0.2, -0.15) is 0 Å². The van der Waals surface area contributed by atoms with E-state index in [2.05, 4.69) is 0 Å². The second-order valence-corrected chi connectivity index (χ2v) is 8.14. The number of hydrogen-bond donors (Lipinski definition) is 1. The molecular weight excluding hydrogens is 449 g/mol. The molecule has 1 heterocycles. The highest BCUT2D eigenvalue weighted by atomic mass is 35.5. The van der Waals surface area contributed by atoms with Crippen molar-refractivity contribution in [3.05, 3.63) is 99.0 Å². The van der Waals surface area contributed by atoms with Crippen LogP contribution < -0.4 is 9.64 Å². The van der Waals surface area contributed by atoms with Crippen LogP contribution in [0.15, 0.2) is 72.3 Å². The minimum absolute atomic E-state index is 0.0279. The van der Waals surface area contributed by atoms with Crippen molar-refractivity contribution in [1.82, 2.24) is 0 Å². The number of methoxy groups -OCH3 is 1. The van der Waals surface area contributed by atoms with Crippen molar-refractivity contribution in [2.24, 2.45) is 0 Å². The van der Waals surface area contributed by atoms with E-state index in [-0.39, 0.29) is 16.4 Å². The standard InChI is InChI=1S/C25H19Cl2NO4/c1-14-7-3-4-8-16(14)22-21(23(29)17-9-5-6-10-20(17)32-2)24(30)25(31)28(22)15-11-12-18(26)19(27)13-15/h3-13,22,29H,1-2H3/b23-21+. The Kier molecular flexibility index (Phi) is 5.96. The number of aryl methyl sites for hydroxylation is 1. The second-order valence-electron chi connectivity index (χ2n) is 7.32. The SMILES string of the molecule is COc1ccccc1/C(O)=C1\C(=O)C(=O)N(c2ccc(Cl)c(Cl)c2)C1c1ccccc1C. The second kappa shape index (κ2) is 8.69. The lowest BCUT2D eigenvalue weighted by molar-refractivity contribution is -0.132. The van der Waals surface area contributed by atoms with Crippen LogP contribution >= 0.6 is 23.2 Å². The zero-order valence-electron chi connectivity index (χ0n) is 17.3. The Balaban J connectivity index is 2.01. The number of hydrogen-bond acceptors (Lipinski definition) is 4. The van der Waals surface area contributed by atoms with Crippen LogP contribution in [0.1, 0.15) is 22.7 Å². The molecular formula is C25H19Cl2NO4. The van der Waals surface area contributed by atoms with Crippen LogP contribution in [0.25, 0.3) is 5.76 Å². The average Bonchev–Trinajstić information content (AvgIpc) is 3.06. The minimum Gasteiger partial charge on any atom is -0.507 e. The molecule has 162 valence electrons. The summed E-state index contributed by atoms with van der Waals surface area (Å²) < 4.78 is 5.36. The Morgan fingerprint density at radius 3 is 2.34 bits per heavy atom. The molecule has 1 aliphatic rings. The number of ketones is 1. The Morgan fingerprint density at radius 2 is 1.66 bits per heavy atom. The highest BCUT2D eigenvalue weighted by Crippen LogP contribution is 2.44. The number of para-hydroxylation sites is 1. The first-order chi connectivity index (χ1) is 15.3. The molecule has 3 aromatic rings. The fourth-order valence-corrected chi connectivity index (χ4v) is 4.20. The van der Waals surface area contributed by atoms with Crippen LogP contribution in [-0.2, 0) is 9.59 Å². The van der Waals surface area contributed by atoms with Gasteiger partial charge in [0.1, 0.15) is 11.5 Å². The topological polar surface area (TPSA) is 66.8 Å². The molecule has 5 nitrogen and oxygen atoms in total. The van der Waals surface area contributed by atoms with E-state index in [1.54, 1.807) is 36.4 Å². The lowest BCUT2D eigenvalue weighted by Gasteiger charge is -2.27. The van der Waals surface area contributed by atoms with Crippen molar-refractivity contribution >= 4 is 46.3 Å². The molecule has 1 aliphatic heterocycles. The maximum atomic E-state index is 13.2. The molecule has 0 aliphatic carbocycles. The van der Waals surface area contributed by atoms with Gasteiger partial charge in [0.2, 0.25) is 0 Å². The number of anilines is 1. The number of aliphatic hydroxyl groups excluding tert-OH is 1. The van der Waals surface area contributed by atoms with E-state index in [4.69, 9.17) is 27.9 Å². The van der Waals surface area contributed by atoms with Gasteiger partial charge in [0, 0.05) is 5.69 Å². The molecule has 0 bridgehead atoms. The number of amides is 1. The molecule has 0 spiro atoms. The van der Waals surface area contributed by atoms with Gasteiger partial charge in [-0.3, -0.25) is 14.5 Å². The van der Waals surface area contributed by atoms with E-state index in [1.165, 1.54) is 18.1 Å². The van der Waals surface area contributed by atoms with Crippen molar-refractivity contribution in [3.63, 3.8) is 0 Å². The molecule has 3 aromatic carbocycles. The monoisotopic (exact) mass is 467 g/mol. The largest absolute Gasteiger partial charge is 0.507 e. The lowest BCUT2D eigenvalue weighted by Crippen LogP contribution is -2.29. The fourth-order valence-electron chi connectivity index (χ4n) is 3.91. The molecule has 0 aromatic heterocycles. The first-order valence-electron chi connectivity index (χ1n) is 9.80. The minimum atomic E-state index is -0.863. The van der Waals surface area contributed by atoms with E-state index >= 15 is 0 Å². The van der Waals surface area contributed by atoms with E-state index in [1.807, 2.05) is 31.2 Å². The number of ether oxygens (including phenoxy) is 1. The summed E-state index contributed by atoms with van der Waals surface area (Å²) in [5.41, 5.74) is 2.25. The molecule has 4 rings (SSSR count). The fraction of sp³-hybridized carbons (Fsp3) is 0.120. The van der Waals surface area contributed by atoms with E-state index < -0.39 is 17.7 Å². The molecule has 1 amide bonds. The number of carbonyl (C=O) groups excluding carboxylic acids is 2. The summed E-state index contributed by atoms with van der Waals surface area (Å²) in [5, 5.41) is 11.8. The number of halogens is 2. The summed E-state index contributed by atoms with van der Waals surface area (Å²) in [4.78, 5) is 27.8. The third-order valence-electron chi connectivity index (χ3n) is 5.47. The molecule has 1 atom stereocenters. The van der Waals surface area contributed by atoms with Gasteiger partial charge in [0.15, 0.2) is 0 Å². The summed E-state index contributed by atoms with van der Waals surface area (Å²) in [6.07, 6.45) is 0. The van der Waals surface area contributed by atoms with Gasteiger partial charge in [-0.15, -0.1) is 0 Å². The van der Waals surface area contributed by atoms with Crippen LogP contribution in [0.4, 0.5) is 5.69 Å². The zero-order valence-corrected chi connectivity index (χ0v) is 18.8. The molecule has 32 heavy (non-hydrogen) atoms. The summed E-state index contributed by atoms with van der Waals surface area (Å²) in [6, 6.07) is 18.0. The maximum absolute atomic E-state index is 13.2. The summed E-state index contributed by atoms with van der Waals surface area (Å²) in [5.74, 6) is -1.49. The normalized spacial score (nSPS) is 17.6. The molecule has 7 heteroatoms. The van der Waals surface area contributed by atoms with Crippen molar-refractivity contribution < 1.29 is 19.4 Å². The molecule has 1 N–H and O–H groups in total. The van der Waals surface area contributed by atoms with Crippen molar-refractivity contribution in [2.75, 3.05) is 12.0 Å². The first kappa shape index (κ1) is 21.9. The average molecular weight is 468 g/mol. The van der Waals surface area contributed by atoms with Crippen LogP contribution in [0.5, 0.6) is 5.75 Å². The van der Waals surface area contributed by atoms with Crippen LogP contribution in [0.3, 0.4) is 0 Å². The Bertz CT molecular complexity index is 1270. The molecule has 1 unspecified atom stereocenters. The van der Waals surface area contributed by atoms with Gasteiger partial charge in [0.05, 0.1) is 34.3 Å². The zero-order chi connectivity index (χ0) is 23.0. The number of benzene rings is 3. The predicted octanol–water partition coefficient (Wildman–Crippen LogP) is 5.94. The van der Waals surface area contributed by atoms with Crippen molar-refractivity contribution in [2.45, 2.75) is 13.0 Å². The van der Waals surface area contributed by atoms with Gasteiger partial charge < -0.3 is 9.84 Å². The molecule has 1 saturated heterocycles. The quantitative estimate of drug-likeness (QED) is 0.293. The molecule has 0 radical (unpaired) electrons. The van der Waals surface area contributed by atoms with Crippen molar-refractivity contribution in [1.29, 1.82) is 0 Å². The number of rotatable bonds is 4. The van der Waals surface area contributed by atoms with Gasteiger partial charge in [-0.05, 0) is 48.4 Å². The van der Waals surface area contributed by atoms with Gasteiger partial charge >= 0.3 is 0 Å². The number of Topliss-reactive ketones (excluding diaryl/α,β-unsaturated/α-hetero) is 1. The number of nitrogens with zero attached hydrogens (tertiary/aromatic N) is 1. The summed E-state index contributed by atoms with van der Waals surface area (Å²) >= 11 is 12.3. The first-order valence-corrected chi connectivity index (χ1v) is 10.6. The summed E-state index contributed by atoms with van der Waals surface area (Å²) in [6.45, 7) is 1.88. The Morgan fingerprint density at radius 1 is 0.969 bits per heavy atom. The third-order valence-corrected chi connectivity index (χ3v) is 6.21. The highest BCUT2D eigenvalue weighted by Gasteiger charge is 2.47. The van der Waals surface area contributed by atoms with Gasteiger partial charge in [0.25, 0.3) is 11.7 Å². The third kappa shape index (κ3) is 3.64. The Labute approximate surface area is 195 Å². The molecule has 0 saturated carbocycles. The van der Waals surface area contributed by atoms with Gasteiger partial charge in [-0.25, -0.2) is 0 Å². The lowest BCUT2D eigenvalue weighted by atomic mass is 9.92. The van der Waals surface area contributed by atoms with Crippen LogP contribution in [-0.4, -0.2) is 23.9 Å². The maximum Gasteiger partial charge on any atom is 0.300 e. The van der Waals surface area contributed by atoms with E-state index in [0.717, 1.165) is 5.56 Å². The van der Waals surface area contributed by atoms with Crippen molar-refractivity contribution in [3.8, 4) is 5.75 Å². The number of aliphatic hydroxyl groups is 1.